The molecule has 0 bridgehead atoms. The summed E-state index contributed by atoms with van der Waals surface area (Å²) in [5, 5.41) is 0. The second-order valence-corrected chi connectivity index (χ2v) is 10.3. The van der Waals surface area contributed by atoms with Gasteiger partial charge < -0.3 is 0 Å². The minimum atomic E-state index is -2.95. The SMILES string of the molecule is Cc1ccccc1C(CC(=O)C1CCS(=O)(=O)CC1)c1ccc(Br)cc1. The maximum atomic E-state index is 12.9. The molecule has 1 atom stereocenters. The molecule has 5 heteroatoms. The molecule has 138 valence electrons. The van der Waals surface area contributed by atoms with Gasteiger partial charge in [0.1, 0.15) is 15.6 Å². The number of carbonyl (C=O) groups excluding carboxylic acids is 1. The number of rotatable bonds is 5. The number of hydrogen-bond acceptors (Lipinski definition) is 3. The summed E-state index contributed by atoms with van der Waals surface area (Å²) in [5.41, 5.74) is 3.44. The van der Waals surface area contributed by atoms with Crippen LogP contribution in [0.4, 0.5) is 0 Å². The van der Waals surface area contributed by atoms with Crippen molar-refractivity contribution in [2.24, 2.45) is 5.92 Å². The zero-order valence-electron chi connectivity index (χ0n) is 14.8. The number of hydrogen-bond donors (Lipinski definition) is 0. The molecule has 0 N–H and O–H groups in total. The third kappa shape index (κ3) is 4.63. The normalized spacial score (nSPS) is 18.4. The van der Waals surface area contributed by atoms with E-state index < -0.39 is 9.84 Å². The lowest BCUT2D eigenvalue weighted by atomic mass is 9.81. The number of aryl methyl sites for hydroxylation is 1. The number of Topliss-reactive ketones (excluding diaryl/α,β-unsaturated/α-hetero) is 1. The summed E-state index contributed by atoms with van der Waals surface area (Å²) in [6.07, 6.45) is 1.33. The van der Waals surface area contributed by atoms with Crippen LogP contribution < -0.4 is 0 Å². The number of carbonyl (C=O) groups is 1. The van der Waals surface area contributed by atoms with Crippen LogP contribution in [0.5, 0.6) is 0 Å². The first-order valence-electron chi connectivity index (χ1n) is 8.90. The highest BCUT2D eigenvalue weighted by atomic mass is 79.9. The highest BCUT2D eigenvalue weighted by Crippen LogP contribution is 2.33. The van der Waals surface area contributed by atoms with Crippen molar-refractivity contribution >= 4 is 31.6 Å². The Balaban J connectivity index is 1.85. The van der Waals surface area contributed by atoms with Crippen molar-refractivity contribution in [3.63, 3.8) is 0 Å². The summed E-state index contributed by atoms with van der Waals surface area (Å²) >= 11 is 3.47. The minimum Gasteiger partial charge on any atom is -0.299 e. The Morgan fingerprint density at radius 2 is 1.69 bits per heavy atom. The molecule has 3 rings (SSSR count). The Hall–Kier alpha value is -1.46. The van der Waals surface area contributed by atoms with E-state index in [1.807, 2.05) is 24.3 Å². The van der Waals surface area contributed by atoms with Crippen LogP contribution in [0.25, 0.3) is 0 Å². The standard InChI is InChI=1S/C21H23BrO3S/c1-15-4-2-3-5-19(15)20(16-6-8-18(22)9-7-16)14-21(23)17-10-12-26(24,25)13-11-17/h2-9,17,20H,10-14H2,1H3. The van der Waals surface area contributed by atoms with E-state index in [0.29, 0.717) is 19.3 Å². The van der Waals surface area contributed by atoms with Gasteiger partial charge in [-0.05, 0) is 48.6 Å². The molecule has 1 heterocycles. The zero-order chi connectivity index (χ0) is 18.7. The largest absolute Gasteiger partial charge is 0.299 e. The summed E-state index contributed by atoms with van der Waals surface area (Å²) in [6, 6.07) is 16.3. The molecule has 1 aliphatic heterocycles. The number of ketones is 1. The molecule has 1 unspecified atom stereocenters. The predicted octanol–water partition coefficient (Wildman–Crippen LogP) is 4.67. The number of sulfone groups is 1. The van der Waals surface area contributed by atoms with Crippen LogP contribution >= 0.6 is 15.9 Å². The van der Waals surface area contributed by atoms with Gasteiger partial charge in [-0.3, -0.25) is 4.79 Å². The third-order valence-electron chi connectivity index (χ3n) is 5.25. The van der Waals surface area contributed by atoms with Crippen molar-refractivity contribution in [1.82, 2.24) is 0 Å². The second-order valence-electron chi connectivity index (χ2n) is 7.06. The lowest BCUT2D eigenvalue weighted by Crippen LogP contribution is -2.29. The molecule has 0 amide bonds. The first-order valence-corrected chi connectivity index (χ1v) is 11.5. The quantitative estimate of drug-likeness (QED) is 0.686. The molecule has 3 nitrogen and oxygen atoms in total. The van der Waals surface area contributed by atoms with E-state index in [9.17, 15) is 13.2 Å². The average molecular weight is 435 g/mol. The van der Waals surface area contributed by atoms with Crippen LogP contribution in [0.15, 0.2) is 53.0 Å². The van der Waals surface area contributed by atoms with Gasteiger partial charge in [-0.15, -0.1) is 0 Å². The Bertz CT molecular complexity index is 874. The zero-order valence-corrected chi connectivity index (χ0v) is 17.2. The topological polar surface area (TPSA) is 51.2 Å². The summed E-state index contributed by atoms with van der Waals surface area (Å²) in [5.74, 6) is 0.305. The second kappa shape index (κ2) is 8.05. The molecule has 0 radical (unpaired) electrons. The van der Waals surface area contributed by atoms with Crippen LogP contribution in [-0.4, -0.2) is 25.7 Å². The van der Waals surface area contributed by atoms with Crippen LogP contribution in [0.1, 0.15) is 41.9 Å². The van der Waals surface area contributed by atoms with Crippen LogP contribution in [0.3, 0.4) is 0 Å². The molecule has 1 saturated heterocycles. The van der Waals surface area contributed by atoms with Gasteiger partial charge in [-0.25, -0.2) is 8.42 Å². The Morgan fingerprint density at radius 3 is 2.31 bits per heavy atom. The first-order chi connectivity index (χ1) is 12.4. The smallest absolute Gasteiger partial charge is 0.150 e. The summed E-state index contributed by atoms with van der Waals surface area (Å²) in [7, 11) is -2.95. The van der Waals surface area contributed by atoms with E-state index in [1.165, 1.54) is 5.56 Å². The van der Waals surface area contributed by atoms with Crippen LogP contribution in [-0.2, 0) is 14.6 Å². The van der Waals surface area contributed by atoms with Crippen molar-refractivity contribution in [2.75, 3.05) is 11.5 Å². The average Bonchev–Trinajstić information content (AvgIpc) is 2.61. The molecule has 0 saturated carbocycles. The van der Waals surface area contributed by atoms with Gasteiger partial charge in [0.25, 0.3) is 0 Å². The molecule has 2 aromatic carbocycles. The van der Waals surface area contributed by atoms with Gasteiger partial charge in [-0.2, -0.15) is 0 Å². The van der Waals surface area contributed by atoms with Crippen LogP contribution in [0.2, 0.25) is 0 Å². The van der Waals surface area contributed by atoms with Crippen molar-refractivity contribution in [3.8, 4) is 0 Å². The predicted molar refractivity (Wildman–Crippen MR) is 108 cm³/mol. The monoisotopic (exact) mass is 434 g/mol. The number of halogens is 1. The maximum Gasteiger partial charge on any atom is 0.150 e. The van der Waals surface area contributed by atoms with Gasteiger partial charge in [0.2, 0.25) is 0 Å². The van der Waals surface area contributed by atoms with E-state index in [4.69, 9.17) is 0 Å². The molecule has 26 heavy (non-hydrogen) atoms. The van der Waals surface area contributed by atoms with Gasteiger partial charge in [-0.1, -0.05) is 52.3 Å². The van der Waals surface area contributed by atoms with Crippen molar-refractivity contribution < 1.29 is 13.2 Å². The molecule has 2 aromatic rings. The highest BCUT2D eigenvalue weighted by molar-refractivity contribution is 9.10. The molecule has 1 fully saturated rings. The molecule has 0 aliphatic carbocycles. The molecule has 1 aliphatic rings. The lowest BCUT2D eigenvalue weighted by molar-refractivity contribution is -0.123. The van der Waals surface area contributed by atoms with Crippen molar-refractivity contribution in [3.05, 3.63) is 69.7 Å². The van der Waals surface area contributed by atoms with Gasteiger partial charge >= 0.3 is 0 Å². The van der Waals surface area contributed by atoms with E-state index in [0.717, 1.165) is 15.6 Å². The van der Waals surface area contributed by atoms with E-state index >= 15 is 0 Å². The van der Waals surface area contributed by atoms with Gasteiger partial charge in [0.15, 0.2) is 0 Å². The van der Waals surface area contributed by atoms with Gasteiger partial charge in [0, 0.05) is 22.7 Å². The summed E-state index contributed by atoms with van der Waals surface area (Å²) in [4.78, 5) is 12.9. The summed E-state index contributed by atoms with van der Waals surface area (Å²) < 4.78 is 24.3. The fourth-order valence-electron chi connectivity index (χ4n) is 3.66. The molecule has 0 aromatic heterocycles. The van der Waals surface area contributed by atoms with Crippen LogP contribution in [0, 0.1) is 12.8 Å². The minimum absolute atomic E-state index is 0.00432. The van der Waals surface area contributed by atoms with Crippen molar-refractivity contribution in [1.29, 1.82) is 0 Å². The van der Waals surface area contributed by atoms with E-state index in [1.54, 1.807) is 0 Å². The Kier molecular flexibility index (Phi) is 5.98. The summed E-state index contributed by atoms with van der Waals surface area (Å²) in [6.45, 7) is 2.07. The first kappa shape index (κ1) is 19.3. The molecular formula is C21H23BrO3S. The maximum absolute atomic E-state index is 12.9. The fraction of sp³-hybridized carbons (Fsp3) is 0.381. The highest BCUT2D eigenvalue weighted by Gasteiger charge is 2.30. The van der Waals surface area contributed by atoms with E-state index in [-0.39, 0.29) is 29.1 Å². The molecular weight excluding hydrogens is 412 g/mol. The third-order valence-corrected chi connectivity index (χ3v) is 7.50. The Labute approximate surface area is 163 Å². The van der Waals surface area contributed by atoms with Crippen molar-refractivity contribution in [2.45, 2.75) is 32.1 Å². The van der Waals surface area contributed by atoms with Gasteiger partial charge in [0.05, 0.1) is 11.5 Å². The lowest BCUT2D eigenvalue weighted by Gasteiger charge is -2.25. The molecule has 0 spiro atoms. The number of benzene rings is 2. The fourth-order valence-corrected chi connectivity index (χ4v) is 5.42. The van der Waals surface area contributed by atoms with E-state index in [2.05, 4.69) is 47.1 Å². The Morgan fingerprint density at radius 1 is 1.08 bits per heavy atom.